The van der Waals surface area contributed by atoms with Crippen molar-refractivity contribution >= 4 is 35.6 Å². The average molecular weight is 513 g/mol. The zero-order valence-corrected chi connectivity index (χ0v) is 20.7. The number of ether oxygens (including phenoxy) is 1. The fourth-order valence-corrected chi connectivity index (χ4v) is 4.06. The Morgan fingerprint density at radius 2 is 1.47 bits per heavy atom. The van der Waals surface area contributed by atoms with E-state index in [1.54, 1.807) is 72.8 Å². The molecule has 1 aliphatic rings. The molecule has 0 saturated heterocycles. The number of nitrogens with zero attached hydrogens (tertiary/aromatic N) is 1. The van der Waals surface area contributed by atoms with E-state index in [1.165, 1.54) is 12.6 Å². The lowest BCUT2D eigenvalue weighted by atomic mass is 9.95. The number of benzene rings is 3. The van der Waals surface area contributed by atoms with Gasteiger partial charge in [-0.2, -0.15) is 5.10 Å². The summed E-state index contributed by atoms with van der Waals surface area (Å²) >= 11 is 0. The van der Waals surface area contributed by atoms with Gasteiger partial charge in [-0.1, -0.05) is 49.6 Å². The van der Waals surface area contributed by atoms with Gasteiger partial charge in [0, 0.05) is 6.04 Å². The molecule has 1 fully saturated rings. The van der Waals surface area contributed by atoms with Crippen LogP contribution in [0.1, 0.15) is 58.4 Å². The summed E-state index contributed by atoms with van der Waals surface area (Å²) < 4.78 is 5.32. The summed E-state index contributed by atoms with van der Waals surface area (Å²) in [5.41, 5.74) is 3.74. The fraction of sp³-hybridized carbons (Fsp3) is 0.207. The third-order valence-corrected chi connectivity index (χ3v) is 6.05. The molecular formula is C29H28N4O5. The lowest BCUT2D eigenvalue weighted by molar-refractivity contribution is -0.136. The third-order valence-electron chi connectivity index (χ3n) is 6.05. The number of hydrogen-bond acceptors (Lipinski definition) is 6. The number of hydrazone groups is 1. The maximum absolute atomic E-state index is 12.8. The van der Waals surface area contributed by atoms with Crippen molar-refractivity contribution in [1.82, 2.24) is 10.7 Å². The van der Waals surface area contributed by atoms with Gasteiger partial charge in [-0.3, -0.25) is 14.4 Å². The first-order chi connectivity index (χ1) is 18.5. The SMILES string of the molecule is O=C(N/N=C\c1ccc(OC(=O)c2ccccc2)cc1)C(=O)Nc1ccccc1C(=O)NC1CCCCC1. The maximum atomic E-state index is 12.8. The first kappa shape index (κ1) is 26.3. The van der Waals surface area contributed by atoms with Crippen LogP contribution in [0.5, 0.6) is 5.75 Å². The highest BCUT2D eigenvalue weighted by atomic mass is 16.5. The molecule has 1 aliphatic carbocycles. The molecule has 38 heavy (non-hydrogen) atoms. The second-order valence-electron chi connectivity index (χ2n) is 8.83. The van der Waals surface area contributed by atoms with Crippen molar-refractivity contribution in [2.24, 2.45) is 5.10 Å². The Bertz CT molecular complexity index is 1320. The largest absolute Gasteiger partial charge is 0.423 e. The molecule has 1 saturated carbocycles. The topological polar surface area (TPSA) is 126 Å². The highest BCUT2D eigenvalue weighted by molar-refractivity contribution is 6.40. The van der Waals surface area contributed by atoms with Crippen molar-refractivity contribution in [3.63, 3.8) is 0 Å². The Balaban J connectivity index is 1.28. The van der Waals surface area contributed by atoms with Crippen LogP contribution in [-0.2, 0) is 9.59 Å². The molecule has 0 aromatic heterocycles. The summed E-state index contributed by atoms with van der Waals surface area (Å²) in [5, 5.41) is 9.30. The minimum absolute atomic E-state index is 0.114. The van der Waals surface area contributed by atoms with E-state index < -0.39 is 17.8 Å². The quantitative estimate of drug-likeness (QED) is 0.145. The number of hydrogen-bond donors (Lipinski definition) is 3. The normalized spacial score (nSPS) is 13.5. The summed E-state index contributed by atoms with van der Waals surface area (Å²) in [7, 11) is 0. The van der Waals surface area contributed by atoms with Gasteiger partial charge in [-0.05, 0) is 66.9 Å². The van der Waals surface area contributed by atoms with Crippen LogP contribution < -0.4 is 20.8 Å². The van der Waals surface area contributed by atoms with E-state index in [0.717, 1.165) is 25.7 Å². The van der Waals surface area contributed by atoms with Crippen LogP contribution in [0, 0.1) is 0 Å². The summed E-state index contributed by atoms with van der Waals surface area (Å²) in [6.45, 7) is 0. The van der Waals surface area contributed by atoms with Gasteiger partial charge in [-0.25, -0.2) is 10.2 Å². The molecule has 9 heteroatoms. The first-order valence-electron chi connectivity index (χ1n) is 12.4. The number of esters is 1. The zero-order chi connectivity index (χ0) is 26.7. The van der Waals surface area contributed by atoms with Gasteiger partial charge in [0.15, 0.2) is 0 Å². The second-order valence-corrected chi connectivity index (χ2v) is 8.83. The maximum Gasteiger partial charge on any atom is 0.343 e. The van der Waals surface area contributed by atoms with Crippen LogP contribution in [0.3, 0.4) is 0 Å². The van der Waals surface area contributed by atoms with Gasteiger partial charge in [0.25, 0.3) is 5.91 Å². The summed E-state index contributed by atoms with van der Waals surface area (Å²) in [6, 6.07) is 21.7. The predicted octanol–water partition coefficient (Wildman–Crippen LogP) is 4.06. The summed E-state index contributed by atoms with van der Waals surface area (Å²) in [6.07, 6.45) is 6.54. The molecule has 0 radical (unpaired) electrons. The number of carbonyl (C=O) groups is 4. The molecule has 194 valence electrons. The van der Waals surface area contributed by atoms with Crippen LogP contribution in [0.25, 0.3) is 0 Å². The van der Waals surface area contributed by atoms with Crippen LogP contribution in [-0.4, -0.2) is 35.9 Å². The molecule has 4 rings (SSSR count). The van der Waals surface area contributed by atoms with Gasteiger partial charge < -0.3 is 15.4 Å². The van der Waals surface area contributed by atoms with Gasteiger partial charge in [0.1, 0.15) is 5.75 Å². The van der Waals surface area contributed by atoms with Crippen LogP contribution in [0.4, 0.5) is 5.69 Å². The number of carbonyl (C=O) groups excluding carboxylic acids is 4. The Morgan fingerprint density at radius 1 is 0.789 bits per heavy atom. The number of para-hydroxylation sites is 1. The minimum Gasteiger partial charge on any atom is -0.423 e. The molecule has 9 nitrogen and oxygen atoms in total. The Kier molecular flexibility index (Phi) is 8.96. The number of rotatable bonds is 7. The molecule has 0 unspecified atom stereocenters. The van der Waals surface area contributed by atoms with Crippen LogP contribution in [0.15, 0.2) is 84.0 Å². The lowest BCUT2D eigenvalue weighted by Gasteiger charge is -2.23. The first-order valence-corrected chi connectivity index (χ1v) is 12.4. The molecule has 3 N–H and O–H groups in total. The number of nitrogens with one attached hydrogen (secondary N) is 3. The van der Waals surface area contributed by atoms with E-state index in [2.05, 4.69) is 21.2 Å². The molecule has 0 bridgehead atoms. The highest BCUT2D eigenvalue weighted by Gasteiger charge is 2.21. The van der Waals surface area contributed by atoms with Crippen molar-refractivity contribution in [1.29, 1.82) is 0 Å². The fourth-order valence-electron chi connectivity index (χ4n) is 4.06. The average Bonchev–Trinajstić information content (AvgIpc) is 2.95. The molecule has 0 aliphatic heterocycles. The van der Waals surface area contributed by atoms with Gasteiger partial charge >= 0.3 is 17.8 Å². The van der Waals surface area contributed by atoms with Gasteiger partial charge in [0.2, 0.25) is 0 Å². The Morgan fingerprint density at radius 3 is 2.21 bits per heavy atom. The molecule has 3 aromatic rings. The van der Waals surface area contributed by atoms with E-state index in [4.69, 9.17) is 4.74 Å². The van der Waals surface area contributed by atoms with E-state index in [-0.39, 0.29) is 23.2 Å². The van der Waals surface area contributed by atoms with Crippen molar-refractivity contribution in [2.45, 2.75) is 38.1 Å². The minimum atomic E-state index is -0.989. The lowest BCUT2D eigenvalue weighted by Crippen LogP contribution is -2.37. The van der Waals surface area contributed by atoms with E-state index in [0.29, 0.717) is 16.9 Å². The number of anilines is 1. The molecule has 3 aromatic carbocycles. The molecule has 0 atom stereocenters. The third kappa shape index (κ3) is 7.36. The van der Waals surface area contributed by atoms with Crippen LogP contribution >= 0.6 is 0 Å². The smallest absolute Gasteiger partial charge is 0.343 e. The van der Waals surface area contributed by atoms with Gasteiger partial charge in [-0.15, -0.1) is 0 Å². The van der Waals surface area contributed by atoms with E-state index in [9.17, 15) is 19.2 Å². The van der Waals surface area contributed by atoms with E-state index >= 15 is 0 Å². The molecule has 3 amide bonds. The van der Waals surface area contributed by atoms with Crippen molar-refractivity contribution in [3.8, 4) is 5.75 Å². The molecular weight excluding hydrogens is 484 g/mol. The monoisotopic (exact) mass is 512 g/mol. The predicted molar refractivity (Wildman–Crippen MR) is 143 cm³/mol. The van der Waals surface area contributed by atoms with Crippen LogP contribution in [0.2, 0.25) is 0 Å². The molecule has 0 spiro atoms. The Hall–Kier alpha value is -4.79. The van der Waals surface area contributed by atoms with Crippen molar-refractivity contribution < 1.29 is 23.9 Å². The van der Waals surface area contributed by atoms with Crippen molar-refractivity contribution in [3.05, 3.63) is 95.6 Å². The second kappa shape index (κ2) is 13.0. The van der Waals surface area contributed by atoms with E-state index in [1.807, 2.05) is 6.07 Å². The zero-order valence-electron chi connectivity index (χ0n) is 20.7. The Labute approximate surface area is 220 Å². The highest BCUT2D eigenvalue weighted by Crippen LogP contribution is 2.20. The summed E-state index contributed by atoms with van der Waals surface area (Å²) in [4.78, 5) is 49.5. The summed E-state index contributed by atoms with van der Waals surface area (Å²) in [5.74, 6) is -2.35. The standard InChI is InChI=1S/C29H28N4O5/c34-26(31-22-11-5-2-6-12-22)24-13-7-8-14-25(24)32-27(35)28(36)33-30-19-20-15-17-23(18-16-20)38-29(37)21-9-3-1-4-10-21/h1,3-4,7-10,13-19,22H,2,5-6,11-12H2,(H,31,34)(H,32,35)(H,33,36)/b30-19-. The number of amides is 3. The van der Waals surface area contributed by atoms with Gasteiger partial charge in [0.05, 0.1) is 23.0 Å². The molecule has 0 heterocycles. The van der Waals surface area contributed by atoms with Crippen molar-refractivity contribution in [2.75, 3.05) is 5.32 Å².